The summed E-state index contributed by atoms with van der Waals surface area (Å²) < 4.78 is 0. The predicted octanol–water partition coefficient (Wildman–Crippen LogP) is 8.05. The van der Waals surface area contributed by atoms with Gasteiger partial charge in [0, 0.05) is 4.90 Å². The number of thioether (sulfide) groups is 1. The Hall–Kier alpha value is -3.03. The van der Waals surface area contributed by atoms with Crippen LogP contribution in [-0.2, 0) is 0 Å². The molecule has 0 aliphatic rings. The fourth-order valence-corrected chi connectivity index (χ4v) is 4.59. The SMILES string of the molecule is CSc1cccc(-c2c3ccccc3c(-c3ccccc3)c3ccccc23)c1. The van der Waals surface area contributed by atoms with Crippen LogP contribution < -0.4 is 0 Å². The normalized spacial score (nSPS) is 11.2. The Kier molecular flexibility index (Phi) is 4.38. The molecule has 0 aromatic heterocycles. The second-order valence-electron chi connectivity index (χ2n) is 6.94. The van der Waals surface area contributed by atoms with Gasteiger partial charge in [-0.05, 0) is 62.2 Å². The first-order valence-electron chi connectivity index (χ1n) is 9.50. The molecule has 28 heavy (non-hydrogen) atoms. The number of hydrogen-bond acceptors (Lipinski definition) is 1. The summed E-state index contributed by atoms with van der Waals surface area (Å²) in [6.45, 7) is 0. The third-order valence-electron chi connectivity index (χ3n) is 5.35. The van der Waals surface area contributed by atoms with E-state index in [0.717, 1.165) is 0 Å². The molecular formula is C27H20S. The van der Waals surface area contributed by atoms with E-state index in [0.29, 0.717) is 0 Å². The van der Waals surface area contributed by atoms with E-state index in [1.54, 1.807) is 11.8 Å². The number of fused-ring (bicyclic) bond motifs is 2. The standard InChI is InChI=1S/C27H20S/c1-28-21-13-9-12-20(18-21)27-24-16-7-5-14-22(24)26(19-10-3-2-4-11-19)23-15-6-8-17-25(23)27/h2-18H,1H3. The Morgan fingerprint density at radius 1 is 0.464 bits per heavy atom. The van der Waals surface area contributed by atoms with Gasteiger partial charge in [-0.1, -0.05) is 91.0 Å². The van der Waals surface area contributed by atoms with Gasteiger partial charge in [-0.2, -0.15) is 0 Å². The van der Waals surface area contributed by atoms with E-state index >= 15 is 0 Å². The lowest BCUT2D eigenvalue weighted by molar-refractivity contribution is 1.47. The molecule has 5 aromatic carbocycles. The maximum absolute atomic E-state index is 2.31. The van der Waals surface area contributed by atoms with Crippen LogP contribution >= 0.6 is 11.8 Å². The Balaban J connectivity index is 1.97. The van der Waals surface area contributed by atoms with Crippen molar-refractivity contribution in [1.29, 1.82) is 0 Å². The van der Waals surface area contributed by atoms with Crippen LogP contribution in [0.1, 0.15) is 0 Å². The van der Waals surface area contributed by atoms with E-state index in [1.165, 1.54) is 48.7 Å². The zero-order valence-corrected chi connectivity index (χ0v) is 16.5. The molecule has 5 rings (SSSR count). The van der Waals surface area contributed by atoms with Crippen molar-refractivity contribution in [2.75, 3.05) is 6.26 Å². The van der Waals surface area contributed by atoms with Crippen molar-refractivity contribution in [2.24, 2.45) is 0 Å². The van der Waals surface area contributed by atoms with Gasteiger partial charge in [0.05, 0.1) is 0 Å². The maximum Gasteiger partial charge on any atom is 0.00753 e. The van der Waals surface area contributed by atoms with Crippen LogP contribution in [-0.4, -0.2) is 6.26 Å². The van der Waals surface area contributed by atoms with Gasteiger partial charge in [-0.25, -0.2) is 0 Å². The van der Waals surface area contributed by atoms with Crippen molar-refractivity contribution in [2.45, 2.75) is 4.90 Å². The number of rotatable bonds is 3. The van der Waals surface area contributed by atoms with E-state index in [4.69, 9.17) is 0 Å². The summed E-state index contributed by atoms with van der Waals surface area (Å²) in [5.41, 5.74) is 5.18. The lowest BCUT2D eigenvalue weighted by Crippen LogP contribution is -1.90. The molecule has 0 bridgehead atoms. The average molecular weight is 377 g/mol. The minimum atomic E-state index is 1.26. The Labute approximate surface area is 169 Å². The quantitative estimate of drug-likeness (QED) is 0.227. The van der Waals surface area contributed by atoms with Crippen molar-refractivity contribution in [3.05, 3.63) is 103 Å². The van der Waals surface area contributed by atoms with Crippen LogP contribution in [0.25, 0.3) is 43.8 Å². The minimum absolute atomic E-state index is 1.26. The molecule has 0 atom stereocenters. The van der Waals surface area contributed by atoms with Gasteiger partial charge in [0.2, 0.25) is 0 Å². The molecule has 0 heterocycles. The molecule has 0 aliphatic heterocycles. The topological polar surface area (TPSA) is 0 Å². The summed E-state index contributed by atoms with van der Waals surface area (Å²) in [7, 11) is 0. The van der Waals surface area contributed by atoms with Gasteiger partial charge in [0.1, 0.15) is 0 Å². The summed E-state index contributed by atoms with van der Waals surface area (Å²) in [6.07, 6.45) is 2.13. The van der Waals surface area contributed by atoms with Crippen molar-refractivity contribution in [3.63, 3.8) is 0 Å². The molecule has 0 unspecified atom stereocenters. The van der Waals surface area contributed by atoms with E-state index < -0.39 is 0 Å². The zero-order valence-electron chi connectivity index (χ0n) is 15.7. The van der Waals surface area contributed by atoms with Crippen molar-refractivity contribution in [3.8, 4) is 22.3 Å². The first-order chi connectivity index (χ1) is 13.9. The van der Waals surface area contributed by atoms with Crippen LogP contribution in [0.2, 0.25) is 0 Å². The van der Waals surface area contributed by atoms with Crippen molar-refractivity contribution in [1.82, 2.24) is 0 Å². The van der Waals surface area contributed by atoms with E-state index in [1.807, 2.05) is 0 Å². The highest BCUT2D eigenvalue weighted by atomic mass is 32.2. The van der Waals surface area contributed by atoms with Crippen LogP contribution in [0.4, 0.5) is 0 Å². The van der Waals surface area contributed by atoms with Gasteiger partial charge in [-0.15, -0.1) is 11.8 Å². The summed E-state index contributed by atoms with van der Waals surface area (Å²) >= 11 is 1.79. The summed E-state index contributed by atoms with van der Waals surface area (Å²) in [6, 6.07) is 37.2. The number of hydrogen-bond donors (Lipinski definition) is 0. The van der Waals surface area contributed by atoms with Gasteiger partial charge >= 0.3 is 0 Å². The van der Waals surface area contributed by atoms with Gasteiger partial charge in [0.25, 0.3) is 0 Å². The molecular weight excluding hydrogens is 356 g/mol. The first kappa shape index (κ1) is 17.1. The molecule has 0 fully saturated rings. The van der Waals surface area contributed by atoms with E-state index in [-0.39, 0.29) is 0 Å². The van der Waals surface area contributed by atoms with Gasteiger partial charge in [-0.3, -0.25) is 0 Å². The highest BCUT2D eigenvalue weighted by Gasteiger charge is 2.16. The summed E-state index contributed by atoms with van der Waals surface area (Å²) in [5.74, 6) is 0. The largest absolute Gasteiger partial charge is 0.130 e. The highest BCUT2D eigenvalue weighted by molar-refractivity contribution is 7.98. The molecule has 1 heteroatoms. The molecule has 0 spiro atoms. The lowest BCUT2D eigenvalue weighted by Gasteiger charge is -2.18. The van der Waals surface area contributed by atoms with Gasteiger partial charge < -0.3 is 0 Å². The molecule has 134 valence electrons. The summed E-state index contributed by atoms with van der Waals surface area (Å²) in [4.78, 5) is 1.29. The fourth-order valence-electron chi connectivity index (χ4n) is 4.13. The second kappa shape index (κ2) is 7.18. The fraction of sp³-hybridized carbons (Fsp3) is 0.0370. The van der Waals surface area contributed by atoms with Crippen LogP contribution in [0.5, 0.6) is 0 Å². The van der Waals surface area contributed by atoms with Crippen molar-refractivity contribution < 1.29 is 0 Å². The third-order valence-corrected chi connectivity index (χ3v) is 6.08. The molecule has 0 saturated heterocycles. The molecule has 5 aromatic rings. The molecule has 0 aliphatic carbocycles. The molecule has 0 saturated carbocycles. The minimum Gasteiger partial charge on any atom is -0.130 e. The highest BCUT2D eigenvalue weighted by Crippen LogP contribution is 2.43. The van der Waals surface area contributed by atoms with Crippen LogP contribution in [0.15, 0.2) is 108 Å². The summed E-state index contributed by atoms with van der Waals surface area (Å²) in [5, 5.41) is 5.21. The lowest BCUT2D eigenvalue weighted by atomic mass is 9.86. The molecule has 0 N–H and O–H groups in total. The third kappa shape index (κ3) is 2.80. The Bertz CT molecular complexity index is 1230. The van der Waals surface area contributed by atoms with Crippen molar-refractivity contribution >= 4 is 33.3 Å². The molecule has 0 amide bonds. The number of benzene rings is 5. The van der Waals surface area contributed by atoms with E-state index in [2.05, 4.69) is 109 Å². The smallest absolute Gasteiger partial charge is 0.00753 e. The average Bonchev–Trinajstić information content (AvgIpc) is 2.78. The second-order valence-corrected chi connectivity index (χ2v) is 7.82. The van der Waals surface area contributed by atoms with E-state index in [9.17, 15) is 0 Å². The van der Waals surface area contributed by atoms with Crippen LogP contribution in [0.3, 0.4) is 0 Å². The Morgan fingerprint density at radius 2 is 0.929 bits per heavy atom. The zero-order chi connectivity index (χ0) is 18.9. The van der Waals surface area contributed by atoms with Gasteiger partial charge in [0.15, 0.2) is 0 Å². The Morgan fingerprint density at radius 3 is 1.46 bits per heavy atom. The van der Waals surface area contributed by atoms with Crippen LogP contribution in [0, 0.1) is 0 Å². The molecule has 0 radical (unpaired) electrons. The maximum atomic E-state index is 2.31. The predicted molar refractivity (Wildman–Crippen MR) is 124 cm³/mol. The first-order valence-corrected chi connectivity index (χ1v) is 10.7. The molecule has 0 nitrogen and oxygen atoms in total. The monoisotopic (exact) mass is 376 g/mol.